The molecule has 0 unspecified atom stereocenters. The number of aromatic nitrogens is 1. The lowest BCUT2D eigenvalue weighted by Gasteiger charge is -2.29. The van der Waals surface area contributed by atoms with E-state index in [9.17, 15) is 8.78 Å². The Balaban J connectivity index is 2.10. The Morgan fingerprint density at radius 1 is 1.48 bits per heavy atom. The van der Waals surface area contributed by atoms with Crippen LogP contribution in [0.25, 0.3) is 0 Å². The molecule has 4 nitrogen and oxygen atoms in total. The van der Waals surface area contributed by atoms with Crippen molar-refractivity contribution in [2.45, 2.75) is 44.3 Å². The average molecular weight is 315 g/mol. The molecule has 116 valence electrons. The highest BCUT2D eigenvalue weighted by Gasteiger charge is 2.34. The second-order valence-corrected chi connectivity index (χ2v) is 5.76. The van der Waals surface area contributed by atoms with Crippen molar-refractivity contribution in [3.05, 3.63) is 23.4 Å². The topological polar surface area (TPSA) is 60.2 Å². The predicted molar refractivity (Wildman–Crippen MR) is 81.7 cm³/mol. The number of pyridine rings is 1. The molecule has 1 aliphatic carbocycles. The fraction of sp³-hybridized carbons (Fsp3) is 0.571. The monoisotopic (exact) mass is 315 g/mol. The average Bonchev–Trinajstić information content (AvgIpc) is 2.41. The molecule has 1 aromatic rings. The second kappa shape index (κ2) is 6.62. The van der Waals surface area contributed by atoms with E-state index in [-0.39, 0.29) is 23.9 Å². The molecule has 0 radical (unpaired) electrons. The van der Waals surface area contributed by atoms with Crippen molar-refractivity contribution in [2.75, 3.05) is 12.4 Å². The van der Waals surface area contributed by atoms with Crippen LogP contribution in [0.2, 0.25) is 0 Å². The molecule has 0 saturated heterocycles. The number of methoxy groups -OCH3 is 1. The molecule has 1 aromatic heterocycles. The number of hydrogen-bond donors (Lipinski definition) is 2. The molecule has 0 amide bonds. The molecule has 0 atom stereocenters. The number of alkyl halides is 2. The fourth-order valence-corrected chi connectivity index (χ4v) is 2.54. The largest absolute Gasteiger partial charge is 0.388 e. The first-order valence-corrected chi connectivity index (χ1v) is 7.24. The van der Waals surface area contributed by atoms with E-state index in [0.29, 0.717) is 31.0 Å². The van der Waals surface area contributed by atoms with E-state index in [4.69, 9.17) is 22.7 Å². The van der Waals surface area contributed by atoms with E-state index >= 15 is 0 Å². The molecule has 21 heavy (non-hydrogen) atoms. The molecule has 0 aliphatic heterocycles. The lowest BCUT2D eigenvalue weighted by molar-refractivity contribution is -0.0361. The maximum Gasteiger partial charge on any atom is 0.248 e. The fourth-order valence-electron chi connectivity index (χ4n) is 2.43. The number of nitrogens with one attached hydrogen (secondary N) is 1. The Labute approximate surface area is 128 Å². The molecule has 0 bridgehead atoms. The highest BCUT2D eigenvalue weighted by molar-refractivity contribution is 7.80. The first-order valence-electron chi connectivity index (χ1n) is 6.84. The third-order valence-corrected chi connectivity index (χ3v) is 3.73. The van der Waals surface area contributed by atoms with Crippen molar-refractivity contribution in [3.63, 3.8) is 0 Å². The zero-order chi connectivity index (χ0) is 15.5. The van der Waals surface area contributed by atoms with Gasteiger partial charge in [0.2, 0.25) is 5.92 Å². The summed E-state index contributed by atoms with van der Waals surface area (Å²) in [4.78, 5) is 4.53. The minimum atomic E-state index is -2.53. The van der Waals surface area contributed by atoms with Gasteiger partial charge in [-0.25, -0.2) is 13.8 Å². The van der Waals surface area contributed by atoms with E-state index in [0.717, 1.165) is 5.56 Å². The number of halogens is 2. The number of anilines is 1. The van der Waals surface area contributed by atoms with Crippen LogP contribution in [0, 0.1) is 0 Å². The molecule has 3 N–H and O–H groups in total. The van der Waals surface area contributed by atoms with Crippen LogP contribution in [-0.4, -0.2) is 29.0 Å². The summed E-state index contributed by atoms with van der Waals surface area (Å²) in [5.41, 5.74) is 7.01. The van der Waals surface area contributed by atoms with Crippen LogP contribution in [0.4, 0.5) is 14.6 Å². The van der Waals surface area contributed by atoms with Crippen molar-refractivity contribution in [3.8, 4) is 0 Å². The Morgan fingerprint density at radius 2 is 2.14 bits per heavy atom. The minimum absolute atomic E-state index is 0.00545. The van der Waals surface area contributed by atoms with Gasteiger partial charge >= 0.3 is 0 Å². The highest BCUT2D eigenvalue weighted by atomic mass is 32.1. The third kappa shape index (κ3) is 4.57. The number of thiocarbonyl (C=S) groups is 1. The van der Waals surface area contributed by atoms with Gasteiger partial charge in [-0.3, -0.25) is 0 Å². The number of nitrogens with two attached hydrogens (primary N) is 1. The summed E-state index contributed by atoms with van der Waals surface area (Å²) in [5, 5.41) is 3.20. The molecule has 2 rings (SSSR count). The summed E-state index contributed by atoms with van der Waals surface area (Å²) in [6.07, 6.45) is 0.659. The maximum absolute atomic E-state index is 13.2. The number of nitrogens with zero attached hydrogens (tertiary/aromatic N) is 1. The van der Waals surface area contributed by atoms with E-state index in [2.05, 4.69) is 10.3 Å². The summed E-state index contributed by atoms with van der Waals surface area (Å²) in [6, 6.07) is 3.60. The van der Waals surface area contributed by atoms with Crippen molar-refractivity contribution >= 4 is 23.0 Å². The van der Waals surface area contributed by atoms with Gasteiger partial charge in [-0.1, -0.05) is 12.2 Å². The third-order valence-electron chi connectivity index (χ3n) is 3.52. The van der Waals surface area contributed by atoms with Crippen molar-refractivity contribution in [2.24, 2.45) is 5.73 Å². The van der Waals surface area contributed by atoms with E-state index in [1.807, 2.05) is 6.07 Å². The summed E-state index contributed by atoms with van der Waals surface area (Å²) in [5.74, 6) is -1.93. The van der Waals surface area contributed by atoms with Crippen molar-refractivity contribution in [1.29, 1.82) is 0 Å². The van der Waals surface area contributed by atoms with E-state index in [1.54, 1.807) is 13.2 Å². The molecule has 0 aromatic carbocycles. The van der Waals surface area contributed by atoms with Crippen LogP contribution in [0.1, 0.15) is 36.9 Å². The van der Waals surface area contributed by atoms with Crippen LogP contribution < -0.4 is 11.1 Å². The van der Waals surface area contributed by atoms with Gasteiger partial charge in [-0.05, 0) is 30.5 Å². The molecular formula is C14H19F2N3OS. The predicted octanol–water partition coefficient (Wildman–Crippen LogP) is 2.85. The Hall–Kier alpha value is -1.34. The van der Waals surface area contributed by atoms with E-state index < -0.39 is 5.92 Å². The number of rotatable bonds is 5. The normalized spacial score (nSPS) is 18.4. The Kier molecular flexibility index (Phi) is 5.05. The van der Waals surface area contributed by atoms with Crippen LogP contribution in [-0.2, 0) is 11.3 Å². The molecule has 7 heteroatoms. The van der Waals surface area contributed by atoms with Crippen molar-refractivity contribution in [1.82, 2.24) is 4.98 Å². The molecule has 1 heterocycles. The molecule has 1 aliphatic rings. The Morgan fingerprint density at radius 3 is 2.71 bits per heavy atom. The molecule has 1 saturated carbocycles. The minimum Gasteiger partial charge on any atom is -0.388 e. The molecule has 1 fully saturated rings. The summed E-state index contributed by atoms with van der Waals surface area (Å²) >= 11 is 4.95. The maximum atomic E-state index is 13.2. The van der Waals surface area contributed by atoms with Crippen LogP contribution in [0.5, 0.6) is 0 Å². The summed E-state index contributed by atoms with van der Waals surface area (Å²) in [7, 11) is 1.59. The van der Waals surface area contributed by atoms with Crippen LogP contribution in [0.3, 0.4) is 0 Å². The van der Waals surface area contributed by atoms with Crippen molar-refractivity contribution < 1.29 is 13.5 Å². The number of hydrogen-bond acceptors (Lipinski definition) is 4. The lowest BCUT2D eigenvalue weighted by atomic mass is 9.92. The van der Waals surface area contributed by atoms with Gasteiger partial charge < -0.3 is 15.8 Å². The zero-order valence-corrected chi connectivity index (χ0v) is 12.7. The van der Waals surface area contributed by atoms with Gasteiger partial charge in [0.1, 0.15) is 10.8 Å². The summed E-state index contributed by atoms with van der Waals surface area (Å²) < 4.78 is 31.4. The summed E-state index contributed by atoms with van der Waals surface area (Å²) in [6.45, 7) is 0.412. The molecular weight excluding hydrogens is 296 g/mol. The first-order chi connectivity index (χ1) is 9.89. The van der Waals surface area contributed by atoms with Gasteiger partial charge in [0.15, 0.2) is 0 Å². The Bertz CT molecular complexity index is 515. The first kappa shape index (κ1) is 16.0. The number of ether oxygens (including phenoxy) is 1. The van der Waals surface area contributed by atoms with Gasteiger partial charge in [-0.15, -0.1) is 0 Å². The van der Waals surface area contributed by atoms with Gasteiger partial charge in [0, 0.05) is 26.0 Å². The van der Waals surface area contributed by atoms with Crippen LogP contribution >= 0.6 is 12.2 Å². The molecule has 0 spiro atoms. The SMILES string of the molecule is COCc1cc(NC2CCC(F)(F)CC2)nc(C(N)=S)c1. The lowest BCUT2D eigenvalue weighted by Crippen LogP contribution is -2.32. The van der Waals surface area contributed by atoms with Gasteiger partial charge in [-0.2, -0.15) is 0 Å². The van der Waals surface area contributed by atoms with E-state index in [1.165, 1.54) is 0 Å². The second-order valence-electron chi connectivity index (χ2n) is 5.32. The smallest absolute Gasteiger partial charge is 0.248 e. The quantitative estimate of drug-likeness (QED) is 0.818. The zero-order valence-electron chi connectivity index (χ0n) is 11.9. The highest BCUT2D eigenvalue weighted by Crippen LogP contribution is 2.34. The van der Waals surface area contributed by atoms with Crippen LogP contribution in [0.15, 0.2) is 12.1 Å². The van der Waals surface area contributed by atoms with Gasteiger partial charge in [0.05, 0.1) is 12.3 Å². The van der Waals surface area contributed by atoms with Gasteiger partial charge in [0.25, 0.3) is 0 Å². The standard InChI is InChI=1S/C14H19F2N3OS/c1-20-8-9-6-11(13(17)21)19-12(7-9)18-10-2-4-14(15,16)5-3-10/h6-7,10H,2-5,8H2,1H3,(H2,17,21)(H,18,19).